The molecule has 0 spiro atoms. The van der Waals surface area contributed by atoms with Gasteiger partial charge in [0.05, 0.1) is 11.5 Å². The van der Waals surface area contributed by atoms with Gasteiger partial charge in [-0.1, -0.05) is 24.3 Å². The molecule has 0 bridgehead atoms. The van der Waals surface area contributed by atoms with Crippen molar-refractivity contribution in [3.63, 3.8) is 0 Å². The maximum absolute atomic E-state index is 12.3. The Hall–Kier alpha value is -1.34. The van der Waals surface area contributed by atoms with Gasteiger partial charge in [-0.15, -0.1) is 12.4 Å². The molecule has 2 aromatic rings. The average molecular weight is 331 g/mol. The van der Waals surface area contributed by atoms with Crippen molar-refractivity contribution in [1.82, 2.24) is 4.72 Å². The maximum Gasteiger partial charge on any atom is 0.241 e. The molecule has 116 valence electrons. The van der Waals surface area contributed by atoms with Gasteiger partial charge in [-0.3, -0.25) is 0 Å². The van der Waals surface area contributed by atoms with Crippen LogP contribution >= 0.6 is 12.4 Å². The Kier molecular flexibility index (Phi) is 6.42. The van der Waals surface area contributed by atoms with Crippen molar-refractivity contribution in [3.05, 3.63) is 36.4 Å². The summed E-state index contributed by atoms with van der Waals surface area (Å²) in [4.78, 5) is 0.241. The lowest BCUT2D eigenvalue weighted by Crippen LogP contribution is -2.29. The molecule has 0 aromatic heterocycles. The predicted molar refractivity (Wildman–Crippen MR) is 86.6 cm³/mol. The lowest BCUT2D eigenvalue weighted by atomic mass is 10.1. The molecule has 0 atom stereocenters. The van der Waals surface area contributed by atoms with Crippen molar-refractivity contribution < 1.29 is 13.2 Å². The van der Waals surface area contributed by atoms with Crippen LogP contribution in [0.1, 0.15) is 6.92 Å². The zero-order chi connectivity index (χ0) is 14.6. The molecule has 0 aliphatic heterocycles. The molecule has 0 amide bonds. The number of halogens is 1. The zero-order valence-electron chi connectivity index (χ0n) is 11.7. The van der Waals surface area contributed by atoms with Gasteiger partial charge in [0.1, 0.15) is 5.75 Å². The highest BCUT2D eigenvalue weighted by Gasteiger charge is 2.18. The van der Waals surface area contributed by atoms with Crippen LogP contribution in [0.3, 0.4) is 0 Å². The zero-order valence-corrected chi connectivity index (χ0v) is 13.3. The van der Waals surface area contributed by atoms with Crippen molar-refractivity contribution in [2.45, 2.75) is 11.8 Å². The van der Waals surface area contributed by atoms with Crippen LogP contribution in [0.25, 0.3) is 10.8 Å². The quantitative estimate of drug-likeness (QED) is 0.847. The first-order valence-corrected chi connectivity index (χ1v) is 7.92. The van der Waals surface area contributed by atoms with E-state index in [-0.39, 0.29) is 30.4 Å². The monoisotopic (exact) mass is 330 g/mol. The molecule has 21 heavy (non-hydrogen) atoms. The molecule has 7 heteroatoms. The third-order valence-corrected chi connectivity index (χ3v) is 4.39. The fourth-order valence-corrected chi connectivity index (χ4v) is 3.29. The number of nitrogens with one attached hydrogen (secondary N) is 1. The van der Waals surface area contributed by atoms with Gasteiger partial charge >= 0.3 is 0 Å². The summed E-state index contributed by atoms with van der Waals surface area (Å²) in [6.07, 6.45) is 0. The molecule has 0 unspecified atom stereocenters. The molecular weight excluding hydrogens is 312 g/mol. The van der Waals surface area contributed by atoms with Crippen molar-refractivity contribution in [1.29, 1.82) is 0 Å². The number of sulfonamides is 1. The maximum atomic E-state index is 12.3. The number of benzene rings is 2. The van der Waals surface area contributed by atoms with Crippen molar-refractivity contribution in [3.8, 4) is 5.75 Å². The predicted octanol–water partition coefficient (Wildman–Crippen LogP) is 1.90. The van der Waals surface area contributed by atoms with E-state index in [1.54, 1.807) is 24.3 Å². The Morgan fingerprint density at radius 2 is 1.81 bits per heavy atom. The highest BCUT2D eigenvalue weighted by molar-refractivity contribution is 7.89. The summed E-state index contributed by atoms with van der Waals surface area (Å²) in [5.74, 6) is 0.681. The van der Waals surface area contributed by atoms with Gasteiger partial charge in [0.2, 0.25) is 10.0 Å². The molecule has 5 nitrogen and oxygen atoms in total. The van der Waals surface area contributed by atoms with Crippen LogP contribution in [0.5, 0.6) is 5.75 Å². The first-order chi connectivity index (χ1) is 9.60. The molecule has 0 fully saturated rings. The van der Waals surface area contributed by atoms with E-state index < -0.39 is 10.0 Å². The Balaban J connectivity index is 0.00000220. The van der Waals surface area contributed by atoms with Crippen LogP contribution in [0.4, 0.5) is 0 Å². The van der Waals surface area contributed by atoms with Gasteiger partial charge in [0.15, 0.2) is 0 Å². The summed E-state index contributed by atoms with van der Waals surface area (Å²) in [6, 6.07) is 10.5. The number of hydrogen-bond acceptors (Lipinski definition) is 4. The lowest BCUT2D eigenvalue weighted by Gasteiger charge is -2.12. The first kappa shape index (κ1) is 17.7. The van der Waals surface area contributed by atoms with Gasteiger partial charge in [-0.05, 0) is 19.1 Å². The minimum Gasteiger partial charge on any atom is -0.493 e. The molecule has 0 heterocycles. The third kappa shape index (κ3) is 3.85. The van der Waals surface area contributed by atoms with E-state index in [2.05, 4.69) is 4.72 Å². The van der Waals surface area contributed by atoms with Crippen LogP contribution in [-0.4, -0.2) is 28.1 Å². The topological polar surface area (TPSA) is 81.4 Å². The molecule has 0 radical (unpaired) electrons. The average Bonchev–Trinajstić information content (AvgIpc) is 2.45. The summed E-state index contributed by atoms with van der Waals surface area (Å²) in [5, 5.41) is 1.42. The molecule has 0 aliphatic carbocycles. The second kappa shape index (κ2) is 7.61. The number of nitrogens with two attached hydrogens (primary N) is 1. The molecule has 0 aliphatic rings. The molecule has 2 rings (SSSR count). The van der Waals surface area contributed by atoms with Crippen molar-refractivity contribution >= 4 is 33.2 Å². The van der Waals surface area contributed by atoms with E-state index in [0.29, 0.717) is 17.7 Å². The van der Waals surface area contributed by atoms with E-state index in [0.717, 1.165) is 5.39 Å². The number of rotatable bonds is 6. The second-order valence-corrected chi connectivity index (χ2v) is 5.96. The summed E-state index contributed by atoms with van der Waals surface area (Å²) in [7, 11) is -3.57. The molecule has 3 N–H and O–H groups in total. The number of ether oxygens (including phenoxy) is 1. The van der Waals surface area contributed by atoms with Gasteiger partial charge in [-0.25, -0.2) is 13.1 Å². The number of fused-ring (bicyclic) bond motifs is 1. The minimum atomic E-state index is -3.57. The van der Waals surface area contributed by atoms with E-state index in [4.69, 9.17) is 10.5 Å². The minimum absolute atomic E-state index is 0. The van der Waals surface area contributed by atoms with Gasteiger partial charge in [0.25, 0.3) is 0 Å². The lowest BCUT2D eigenvalue weighted by molar-refractivity contribution is 0.344. The molecule has 0 saturated carbocycles. The molecule has 0 saturated heterocycles. The van der Waals surface area contributed by atoms with Crippen LogP contribution in [-0.2, 0) is 10.0 Å². The summed E-state index contributed by atoms with van der Waals surface area (Å²) < 4.78 is 32.5. The molecule has 2 aromatic carbocycles. The normalized spacial score (nSPS) is 11.1. The smallest absolute Gasteiger partial charge is 0.241 e. The van der Waals surface area contributed by atoms with Gasteiger partial charge < -0.3 is 10.5 Å². The second-order valence-electron chi connectivity index (χ2n) is 4.23. The van der Waals surface area contributed by atoms with Gasteiger partial charge in [-0.2, -0.15) is 0 Å². The SMILES string of the molecule is CCOc1ccc(S(=O)(=O)NCCN)c2ccccc12.Cl. The Labute approximate surface area is 130 Å². The van der Waals surface area contributed by atoms with E-state index in [1.807, 2.05) is 19.1 Å². The van der Waals surface area contributed by atoms with Crippen molar-refractivity contribution in [2.75, 3.05) is 19.7 Å². The van der Waals surface area contributed by atoms with Crippen LogP contribution in [0, 0.1) is 0 Å². The standard InChI is InChI=1S/C14H18N2O3S.ClH/c1-2-19-13-7-8-14(20(17,18)16-10-9-15)12-6-4-3-5-11(12)13;/h3-8,16H,2,9-10,15H2,1H3;1H. The van der Waals surface area contributed by atoms with Crippen molar-refractivity contribution in [2.24, 2.45) is 5.73 Å². The fourth-order valence-electron chi connectivity index (χ4n) is 2.03. The Morgan fingerprint density at radius 3 is 2.43 bits per heavy atom. The highest BCUT2D eigenvalue weighted by atomic mass is 35.5. The summed E-state index contributed by atoms with van der Waals surface area (Å²) in [5.41, 5.74) is 5.34. The highest BCUT2D eigenvalue weighted by Crippen LogP contribution is 2.30. The van der Waals surface area contributed by atoms with Crippen LogP contribution in [0.15, 0.2) is 41.3 Å². The van der Waals surface area contributed by atoms with Gasteiger partial charge in [0, 0.05) is 23.9 Å². The van der Waals surface area contributed by atoms with Crippen LogP contribution in [0.2, 0.25) is 0 Å². The van der Waals surface area contributed by atoms with E-state index in [9.17, 15) is 8.42 Å². The third-order valence-electron chi connectivity index (χ3n) is 2.87. The summed E-state index contributed by atoms with van der Waals surface area (Å²) in [6.45, 7) is 2.89. The fraction of sp³-hybridized carbons (Fsp3) is 0.286. The first-order valence-electron chi connectivity index (χ1n) is 6.44. The largest absolute Gasteiger partial charge is 0.493 e. The summed E-state index contributed by atoms with van der Waals surface area (Å²) >= 11 is 0. The number of hydrogen-bond donors (Lipinski definition) is 2. The Bertz CT molecular complexity index is 704. The van der Waals surface area contributed by atoms with E-state index in [1.165, 1.54) is 0 Å². The molecular formula is C14H19ClN2O3S. The Morgan fingerprint density at radius 1 is 1.14 bits per heavy atom. The van der Waals surface area contributed by atoms with Crippen LogP contribution < -0.4 is 15.2 Å². The van der Waals surface area contributed by atoms with E-state index >= 15 is 0 Å².